The molecule has 1 aromatic carbocycles. The van der Waals surface area contributed by atoms with Crippen molar-refractivity contribution in [1.29, 1.82) is 5.26 Å². The van der Waals surface area contributed by atoms with E-state index in [1.165, 1.54) is 11.3 Å². The zero-order valence-corrected chi connectivity index (χ0v) is 16.4. The molecule has 0 atom stereocenters. The molecule has 134 valence electrons. The topological polar surface area (TPSA) is 78.8 Å². The van der Waals surface area contributed by atoms with Crippen LogP contribution < -0.4 is 0 Å². The normalized spacial score (nSPS) is 11.1. The molecule has 1 N–H and O–H groups in total. The maximum absolute atomic E-state index is 12.1. The first-order valence-electron chi connectivity index (χ1n) is 8.58. The molecule has 3 rings (SSSR count). The van der Waals surface area contributed by atoms with Gasteiger partial charge in [-0.15, -0.1) is 11.3 Å². The summed E-state index contributed by atoms with van der Waals surface area (Å²) in [5.41, 5.74) is 5.23. The van der Waals surface area contributed by atoms with Crippen LogP contribution in [0.25, 0.3) is 21.5 Å². The SMILES string of the molecule is CCOC(=O)c1sc(-c2cc(C)c3[nH]c(C(C)C)c(C#N)c3c2)nc1C. The number of nitrogens with zero attached hydrogens (tertiary/aromatic N) is 2. The molecule has 3 aromatic rings. The smallest absolute Gasteiger partial charge is 0.350 e. The van der Waals surface area contributed by atoms with Crippen molar-refractivity contribution in [2.45, 2.75) is 40.5 Å². The predicted molar refractivity (Wildman–Crippen MR) is 104 cm³/mol. The number of H-pyrrole nitrogens is 1. The summed E-state index contributed by atoms with van der Waals surface area (Å²) in [6.07, 6.45) is 0. The van der Waals surface area contributed by atoms with E-state index < -0.39 is 0 Å². The first-order chi connectivity index (χ1) is 12.4. The fourth-order valence-electron chi connectivity index (χ4n) is 3.08. The van der Waals surface area contributed by atoms with Gasteiger partial charge in [0.15, 0.2) is 0 Å². The Morgan fingerprint density at radius 3 is 2.73 bits per heavy atom. The van der Waals surface area contributed by atoms with Crippen LogP contribution in [0, 0.1) is 25.2 Å². The van der Waals surface area contributed by atoms with Crippen molar-refractivity contribution in [3.8, 4) is 16.6 Å². The quantitative estimate of drug-likeness (QED) is 0.652. The van der Waals surface area contributed by atoms with Crippen LogP contribution >= 0.6 is 11.3 Å². The standard InChI is InChI=1S/C20H21N3O2S/c1-6-25-20(24)18-12(5)22-19(26-18)13-7-11(4)17-14(8-13)15(9-21)16(23-17)10(2)3/h7-8,10,23H,6H2,1-5H3. The lowest BCUT2D eigenvalue weighted by molar-refractivity contribution is 0.0531. The summed E-state index contributed by atoms with van der Waals surface area (Å²) in [5, 5.41) is 11.3. The molecule has 5 nitrogen and oxygen atoms in total. The third-order valence-corrected chi connectivity index (χ3v) is 5.51. The number of carbonyl (C=O) groups is 1. The van der Waals surface area contributed by atoms with E-state index in [-0.39, 0.29) is 11.9 Å². The van der Waals surface area contributed by atoms with E-state index in [0.717, 1.165) is 32.7 Å². The van der Waals surface area contributed by atoms with Gasteiger partial charge in [0.25, 0.3) is 0 Å². The van der Waals surface area contributed by atoms with Crippen LogP contribution in [0.3, 0.4) is 0 Å². The minimum absolute atomic E-state index is 0.234. The molecule has 0 fully saturated rings. The third-order valence-electron chi connectivity index (χ3n) is 4.33. The molecule has 2 heterocycles. The zero-order chi connectivity index (χ0) is 19.0. The number of nitrogens with one attached hydrogen (secondary N) is 1. The second kappa shape index (κ2) is 6.93. The largest absolute Gasteiger partial charge is 0.462 e. The van der Waals surface area contributed by atoms with Crippen molar-refractivity contribution in [2.24, 2.45) is 0 Å². The van der Waals surface area contributed by atoms with Crippen LogP contribution in [0.15, 0.2) is 12.1 Å². The number of carbonyl (C=O) groups excluding carboxylic acids is 1. The van der Waals surface area contributed by atoms with Gasteiger partial charge in [-0.2, -0.15) is 5.26 Å². The maximum atomic E-state index is 12.1. The van der Waals surface area contributed by atoms with Crippen molar-refractivity contribution < 1.29 is 9.53 Å². The van der Waals surface area contributed by atoms with Crippen molar-refractivity contribution in [2.75, 3.05) is 6.61 Å². The van der Waals surface area contributed by atoms with Crippen molar-refractivity contribution in [1.82, 2.24) is 9.97 Å². The molecule has 0 aliphatic carbocycles. The first-order valence-corrected chi connectivity index (χ1v) is 9.40. The third kappa shape index (κ3) is 2.99. The number of esters is 1. The second-order valence-electron chi connectivity index (χ2n) is 6.55. The Bertz CT molecular complexity index is 1040. The summed E-state index contributed by atoms with van der Waals surface area (Å²) < 4.78 is 5.10. The monoisotopic (exact) mass is 367 g/mol. The van der Waals surface area contributed by atoms with Gasteiger partial charge in [-0.05, 0) is 44.4 Å². The molecule has 0 unspecified atom stereocenters. The number of hydrogen-bond donors (Lipinski definition) is 1. The van der Waals surface area contributed by atoms with E-state index in [2.05, 4.69) is 29.9 Å². The van der Waals surface area contributed by atoms with E-state index in [1.54, 1.807) is 6.92 Å². The fourth-order valence-corrected chi connectivity index (χ4v) is 4.02. The highest BCUT2D eigenvalue weighted by Gasteiger charge is 2.20. The zero-order valence-electron chi connectivity index (χ0n) is 15.6. The second-order valence-corrected chi connectivity index (χ2v) is 7.55. The first kappa shape index (κ1) is 18.2. The molecule has 6 heteroatoms. The minimum atomic E-state index is -0.340. The molecule has 0 saturated carbocycles. The molecular formula is C20H21N3O2S. The van der Waals surface area contributed by atoms with E-state index in [0.29, 0.717) is 22.7 Å². The van der Waals surface area contributed by atoms with Gasteiger partial charge >= 0.3 is 5.97 Å². The number of rotatable bonds is 4. The number of aromatic nitrogens is 2. The lowest BCUT2D eigenvalue weighted by Crippen LogP contribution is -2.03. The highest BCUT2D eigenvalue weighted by atomic mass is 32.1. The fraction of sp³-hybridized carbons (Fsp3) is 0.350. The Hall–Kier alpha value is -2.65. The van der Waals surface area contributed by atoms with Gasteiger partial charge in [-0.3, -0.25) is 0 Å². The molecule has 0 saturated heterocycles. The van der Waals surface area contributed by atoms with Gasteiger partial charge in [0.2, 0.25) is 0 Å². The number of thiazole rings is 1. The number of hydrogen-bond acceptors (Lipinski definition) is 5. The summed E-state index contributed by atoms with van der Waals surface area (Å²) >= 11 is 1.33. The molecule has 0 bridgehead atoms. The molecule has 0 spiro atoms. The predicted octanol–water partition coefficient (Wildman–Crippen LogP) is 5.08. The molecular weight excluding hydrogens is 346 g/mol. The Kier molecular flexibility index (Phi) is 4.84. The Morgan fingerprint density at radius 2 is 2.12 bits per heavy atom. The van der Waals surface area contributed by atoms with Crippen molar-refractivity contribution in [3.63, 3.8) is 0 Å². The average Bonchev–Trinajstić information content (AvgIpc) is 3.15. The van der Waals surface area contributed by atoms with Crippen LogP contribution in [0.2, 0.25) is 0 Å². The van der Waals surface area contributed by atoms with Gasteiger partial charge in [-0.1, -0.05) is 13.8 Å². The number of benzene rings is 1. The van der Waals surface area contributed by atoms with Crippen molar-refractivity contribution in [3.05, 3.63) is 39.5 Å². The van der Waals surface area contributed by atoms with Crippen LogP contribution in [-0.2, 0) is 4.74 Å². The summed E-state index contributed by atoms with van der Waals surface area (Å²) in [4.78, 5) is 20.5. The summed E-state index contributed by atoms with van der Waals surface area (Å²) in [7, 11) is 0. The van der Waals surface area contributed by atoms with Gasteiger partial charge < -0.3 is 9.72 Å². The molecule has 0 aliphatic heterocycles. The lowest BCUT2D eigenvalue weighted by Gasteiger charge is -2.02. The maximum Gasteiger partial charge on any atom is 0.350 e. The van der Waals surface area contributed by atoms with Crippen LogP contribution in [0.5, 0.6) is 0 Å². The molecule has 0 radical (unpaired) electrons. The highest BCUT2D eigenvalue weighted by Crippen LogP contribution is 2.35. The van der Waals surface area contributed by atoms with Crippen LogP contribution in [-0.4, -0.2) is 22.5 Å². The molecule has 0 aliphatic rings. The Morgan fingerprint density at radius 1 is 1.38 bits per heavy atom. The number of ether oxygens (including phenoxy) is 1. The average molecular weight is 367 g/mol. The minimum Gasteiger partial charge on any atom is -0.462 e. The number of aryl methyl sites for hydroxylation is 2. The van der Waals surface area contributed by atoms with Gasteiger partial charge in [0.05, 0.1) is 17.9 Å². The van der Waals surface area contributed by atoms with E-state index in [9.17, 15) is 10.1 Å². The van der Waals surface area contributed by atoms with Gasteiger partial charge in [0.1, 0.15) is 16.0 Å². The van der Waals surface area contributed by atoms with Crippen molar-refractivity contribution >= 4 is 28.2 Å². The lowest BCUT2D eigenvalue weighted by atomic mass is 10.0. The van der Waals surface area contributed by atoms with Crippen LogP contribution in [0.4, 0.5) is 0 Å². The summed E-state index contributed by atoms with van der Waals surface area (Å²) in [6.45, 7) is 10.1. The van der Waals surface area contributed by atoms with Crippen LogP contribution in [0.1, 0.15) is 58.9 Å². The number of nitriles is 1. The summed E-state index contributed by atoms with van der Waals surface area (Å²) in [5.74, 6) is -0.106. The molecule has 2 aromatic heterocycles. The number of fused-ring (bicyclic) bond motifs is 1. The van der Waals surface area contributed by atoms with E-state index >= 15 is 0 Å². The van der Waals surface area contributed by atoms with Gasteiger partial charge in [-0.25, -0.2) is 9.78 Å². The highest BCUT2D eigenvalue weighted by molar-refractivity contribution is 7.17. The van der Waals surface area contributed by atoms with E-state index in [1.807, 2.05) is 26.0 Å². The Balaban J connectivity index is 2.17. The summed E-state index contributed by atoms with van der Waals surface area (Å²) in [6, 6.07) is 6.36. The molecule has 26 heavy (non-hydrogen) atoms. The molecule has 0 amide bonds. The Labute approximate surface area is 156 Å². The van der Waals surface area contributed by atoms with E-state index in [4.69, 9.17) is 4.74 Å². The number of aromatic amines is 1. The van der Waals surface area contributed by atoms with Gasteiger partial charge in [0, 0.05) is 22.2 Å².